The number of aryl methyl sites for hydroxylation is 1. The number of pyridine rings is 1. The summed E-state index contributed by atoms with van der Waals surface area (Å²) in [6, 6.07) is 3.50. The van der Waals surface area contributed by atoms with Gasteiger partial charge in [0.1, 0.15) is 11.6 Å². The molecule has 0 aliphatic carbocycles. The van der Waals surface area contributed by atoms with Gasteiger partial charge in [-0.15, -0.1) is 0 Å². The molecule has 7 nitrogen and oxygen atoms in total. The lowest BCUT2D eigenvalue weighted by Gasteiger charge is -2.04. The van der Waals surface area contributed by atoms with Crippen LogP contribution < -0.4 is 11.5 Å². The Hall–Kier alpha value is -1.93. The summed E-state index contributed by atoms with van der Waals surface area (Å²) in [4.78, 5) is 3.90. The Bertz CT molecular complexity index is 578. The van der Waals surface area contributed by atoms with Gasteiger partial charge in [0, 0.05) is 18.4 Å². The molecule has 0 saturated carbocycles. The van der Waals surface area contributed by atoms with Gasteiger partial charge in [-0.05, 0) is 23.3 Å². The number of anilines is 2. The third kappa shape index (κ3) is 4.04. The molecule has 2 heterocycles. The minimum Gasteiger partial charge on any atom is -0.772 e. The van der Waals surface area contributed by atoms with E-state index in [1.54, 1.807) is 29.2 Å². The Kier molecular flexibility index (Phi) is 4.13. The first-order valence-corrected chi connectivity index (χ1v) is 6.86. The van der Waals surface area contributed by atoms with Crippen LogP contribution in [0.1, 0.15) is 11.1 Å². The molecule has 0 spiro atoms. The van der Waals surface area contributed by atoms with E-state index in [1.165, 1.54) is 0 Å². The summed E-state index contributed by atoms with van der Waals surface area (Å²) in [5.41, 5.74) is 13.1. The predicted molar refractivity (Wildman–Crippen MR) is 71.9 cm³/mol. The lowest BCUT2D eigenvalue weighted by Crippen LogP contribution is -2.07. The van der Waals surface area contributed by atoms with E-state index in [9.17, 15) is 8.76 Å². The molecule has 0 amide bonds. The average molecular weight is 280 g/mol. The van der Waals surface area contributed by atoms with Gasteiger partial charge in [0.25, 0.3) is 0 Å². The van der Waals surface area contributed by atoms with Crippen LogP contribution in [-0.4, -0.2) is 29.3 Å². The molecular formula is C11H14N5O2S-. The smallest absolute Gasteiger partial charge is 0.126 e. The van der Waals surface area contributed by atoms with Crippen LogP contribution in [0.4, 0.5) is 11.6 Å². The van der Waals surface area contributed by atoms with Crippen molar-refractivity contribution in [3.63, 3.8) is 0 Å². The molecule has 0 radical (unpaired) electrons. The largest absolute Gasteiger partial charge is 0.772 e. The van der Waals surface area contributed by atoms with Crippen molar-refractivity contribution in [2.45, 2.75) is 13.0 Å². The van der Waals surface area contributed by atoms with Gasteiger partial charge in [-0.1, -0.05) is 11.1 Å². The summed E-state index contributed by atoms with van der Waals surface area (Å²) in [5.74, 6) is 0.810. The van der Waals surface area contributed by atoms with Crippen molar-refractivity contribution in [3.05, 3.63) is 35.7 Å². The molecule has 1 unspecified atom stereocenters. The Morgan fingerprint density at radius 3 is 2.58 bits per heavy atom. The van der Waals surface area contributed by atoms with Gasteiger partial charge >= 0.3 is 0 Å². The van der Waals surface area contributed by atoms with Crippen LogP contribution in [0.5, 0.6) is 0 Å². The number of nitrogens with two attached hydrogens (primary N) is 2. The Morgan fingerprint density at radius 2 is 1.95 bits per heavy atom. The molecule has 0 bridgehead atoms. The Morgan fingerprint density at radius 1 is 1.26 bits per heavy atom. The molecule has 2 aromatic heterocycles. The van der Waals surface area contributed by atoms with E-state index in [4.69, 9.17) is 11.5 Å². The van der Waals surface area contributed by atoms with E-state index < -0.39 is 11.1 Å². The third-order valence-electron chi connectivity index (χ3n) is 2.51. The van der Waals surface area contributed by atoms with Gasteiger partial charge in [0.2, 0.25) is 0 Å². The first-order valence-electron chi connectivity index (χ1n) is 5.62. The molecule has 2 aromatic rings. The van der Waals surface area contributed by atoms with Crippen LogP contribution in [0.2, 0.25) is 0 Å². The molecule has 102 valence electrons. The molecule has 0 aliphatic heterocycles. The second-order valence-electron chi connectivity index (χ2n) is 4.12. The van der Waals surface area contributed by atoms with Gasteiger partial charge in [-0.2, -0.15) is 5.10 Å². The fourth-order valence-electron chi connectivity index (χ4n) is 1.76. The highest BCUT2D eigenvalue weighted by atomic mass is 32.2. The minimum absolute atomic E-state index is 0.0519. The number of rotatable bonds is 5. The molecular weight excluding hydrogens is 266 g/mol. The van der Waals surface area contributed by atoms with Crippen molar-refractivity contribution in [1.82, 2.24) is 14.8 Å². The van der Waals surface area contributed by atoms with Crippen LogP contribution in [0.15, 0.2) is 24.5 Å². The van der Waals surface area contributed by atoms with Crippen molar-refractivity contribution >= 4 is 22.7 Å². The van der Waals surface area contributed by atoms with E-state index in [-0.39, 0.29) is 5.75 Å². The number of aromatic nitrogens is 3. The zero-order valence-corrected chi connectivity index (χ0v) is 11.0. The van der Waals surface area contributed by atoms with Gasteiger partial charge in [-0.3, -0.25) is 8.89 Å². The summed E-state index contributed by atoms with van der Waals surface area (Å²) < 4.78 is 22.5. The SMILES string of the molecule is Nc1cc(Cc2cnn(CCS(=O)[O-])c2)cc(N)n1. The summed E-state index contributed by atoms with van der Waals surface area (Å²) in [6.07, 6.45) is 4.12. The van der Waals surface area contributed by atoms with E-state index >= 15 is 0 Å². The monoisotopic (exact) mass is 280 g/mol. The van der Waals surface area contributed by atoms with Gasteiger partial charge in [0.15, 0.2) is 0 Å². The summed E-state index contributed by atoms with van der Waals surface area (Å²) in [5, 5.41) is 4.09. The highest BCUT2D eigenvalue weighted by Gasteiger charge is 2.03. The van der Waals surface area contributed by atoms with Crippen molar-refractivity contribution in [3.8, 4) is 0 Å². The summed E-state index contributed by atoms with van der Waals surface area (Å²) in [6.45, 7) is 0.344. The van der Waals surface area contributed by atoms with E-state index in [0.717, 1.165) is 11.1 Å². The molecule has 2 rings (SSSR count). The fourth-order valence-corrected chi connectivity index (χ4v) is 2.10. The summed E-state index contributed by atoms with van der Waals surface area (Å²) in [7, 11) is 0. The number of nitrogens with zero attached hydrogens (tertiary/aromatic N) is 3. The summed E-state index contributed by atoms with van der Waals surface area (Å²) >= 11 is -2.05. The van der Waals surface area contributed by atoms with Crippen molar-refractivity contribution < 1.29 is 8.76 Å². The normalized spacial score (nSPS) is 12.5. The Balaban J connectivity index is 2.05. The lowest BCUT2D eigenvalue weighted by atomic mass is 10.1. The molecule has 1 atom stereocenters. The molecule has 0 fully saturated rings. The predicted octanol–water partition coefficient (Wildman–Crippen LogP) is -0.0876. The molecule has 19 heavy (non-hydrogen) atoms. The quantitative estimate of drug-likeness (QED) is 0.738. The van der Waals surface area contributed by atoms with E-state index in [1.807, 2.05) is 0 Å². The van der Waals surface area contributed by atoms with Gasteiger partial charge in [0.05, 0.1) is 12.7 Å². The zero-order valence-electron chi connectivity index (χ0n) is 10.2. The average Bonchev–Trinajstić information content (AvgIpc) is 2.72. The maximum atomic E-state index is 10.5. The lowest BCUT2D eigenvalue weighted by molar-refractivity contribution is 0.527. The third-order valence-corrected chi connectivity index (χ3v) is 3.02. The number of hydrogen-bond acceptors (Lipinski definition) is 6. The zero-order chi connectivity index (χ0) is 13.8. The van der Waals surface area contributed by atoms with Crippen LogP contribution in [0, 0.1) is 0 Å². The molecule has 0 aliphatic rings. The second-order valence-corrected chi connectivity index (χ2v) is 5.14. The maximum Gasteiger partial charge on any atom is 0.126 e. The number of nitrogen functional groups attached to an aromatic ring is 2. The van der Waals surface area contributed by atoms with Crippen LogP contribution in [0.25, 0.3) is 0 Å². The maximum absolute atomic E-state index is 10.5. The first-order chi connectivity index (χ1) is 9.02. The van der Waals surface area contributed by atoms with Crippen molar-refractivity contribution in [2.24, 2.45) is 0 Å². The first kappa shape index (κ1) is 13.5. The van der Waals surface area contributed by atoms with Gasteiger partial charge < -0.3 is 16.0 Å². The van der Waals surface area contributed by atoms with Crippen molar-refractivity contribution in [2.75, 3.05) is 17.2 Å². The van der Waals surface area contributed by atoms with Crippen LogP contribution in [0.3, 0.4) is 0 Å². The van der Waals surface area contributed by atoms with E-state index in [2.05, 4.69) is 10.1 Å². The van der Waals surface area contributed by atoms with Crippen molar-refractivity contribution in [1.29, 1.82) is 0 Å². The second kappa shape index (κ2) is 5.81. The van der Waals surface area contributed by atoms with Crippen LogP contribution in [-0.2, 0) is 24.0 Å². The highest BCUT2D eigenvalue weighted by molar-refractivity contribution is 7.79. The molecule has 0 aromatic carbocycles. The molecule has 0 saturated heterocycles. The fraction of sp³-hybridized carbons (Fsp3) is 0.273. The number of hydrogen-bond donors (Lipinski definition) is 2. The molecule has 8 heteroatoms. The minimum atomic E-state index is -2.05. The van der Waals surface area contributed by atoms with E-state index in [0.29, 0.717) is 24.6 Å². The topological polar surface area (TPSA) is 123 Å². The van der Waals surface area contributed by atoms with Crippen LogP contribution >= 0.6 is 0 Å². The Labute approximate surface area is 112 Å². The standard InChI is InChI=1S/C11H15N5O2S/c12-10-4-8(5-11(13)15-10)3-9-6-14-16(7-9)1-2-19(17)18/h4-7H,1-3H2,(H,17,18)(H4,12,13,15)/p-1. The van der Waals surface area contributed by atoms with Gasteiger partial charge in [-0.25, -0.2) is 4.98 Å². The molecule has 4 N–H and O–H groups in total. The highest BCUT2D eigenvalue weighted by Crippen LogP contribution is 2.13.